The lowest BCUT2D eigenvalue weighted by Crippen LogP contribution is -2.14. The van der Waals surface area contributed by atoms with E-state index >= 15 is 0 Å². The van der Waals surface area contributed by atoms with E-state index in [4.69, 9.17) is 15.0 Å². The predicted molar refractivity (Wildman–Crippen MR) is 117 cm³/mol. The summed E-state index contributed by atoms with van der Waals surface area (Å²) >= 11 is 0. The Bertz CT molecular complexity index is 1010. The monoisotopic (exact) mass is 385 g/mol. The van der Waals surface area contributed by atoms with E-state index in [2.05, 4.69) is 29.6 Å². The van der Waals surface area contributed by atoms with Gasteiger partial charge in [0.25, 0.3) is 0 Å². The van der Waals surface area contributed by atoms with Crippen LogP contribution in [0.5, 0.6) is 5.75 Å². The van der Waals surface area contributed by atoms with Crippen LogP contribution in [0.2, 0.25) is 0 Å². The van der Waals surface area contributed by atoms with Crippen molar-refractivity contribution >= 4 is 10.9 Å². The highest BCUT2D eigenvalue weighted by Gasteiger charge is 2.16. The van der Waals surface area contributed by atoms with Crippen LogP contribution in [-0.2, 0) is 6.42 Å². The zero-order valence-electron chi connectivity index (χ0n) is 16.9. The summed E-state index contributed by atoms with van der Waals surface area (Å²) in [7, 11) is 1.75. The highest BCUT2D eigenvalue weighted by atomic mass is 16.5. The average Bonchev–Trinajstić information content (AvgIpc) is 3.05. The van der Waals surface area contributed by atoms with Crippen LogP contribution in [0.1, 0.15) is 36.8 Å². The van der Waals surface area contributed by atoms with Crippen LogP contribution in [0.4, 0.5) is 0 Å². The number of pyridine rings is 1. The third kappa shape index (κ3) is 4.26. The molecule has 1 aromatic heterocycles. The van der Waals surface area contributed by atoms with E-state index in [9.17, 15) is 0 Å². The second-order valence-corrected chi connectivity index (χ2v) is 7.79. The Labute approximate surface area is 172 Å². The number of nitrogens with zero attached hydrogens (tertiary/aromatic N) is 2. The maximum absolute atomic E-state index is 9.05. The molecule has 1 atom stereocenters. The fourth-order valence-electron chi connectivity index (χ4n) is 4.36. The molecule has 0 spiro atoms. The van der Waals surface area contributed by atoms with Crippen molar-refractivity contribution < 1.29 is 4.74 Å². The molecule has 3 aromatic rings. The number of hydrogen-bond acceptors (Lipinski definition) is 4. The van der Waals surface area contributed by atoms with Gasteiger partial charge in [0.15, 0.2) is 0 Å². The van der Waals surface area contributed by atoms with Crippen LogP contribution < -0.4 is 10.1 Å². The van der Waals surface area contributed by atoms with E-state index < -0.39 is 0 Å². The van der Waals surface area contributed by atoms with Crippen molar-refractivity contribution in [1.29, 1.82) is 5.26 Å². The van der Waals surface area contributed by atoms with Crippen LogP contribution in [0.3, 0.4) is 0 Å². The second-order valence-electron chi connectivity index (χ2n) is 7.79. The lowest BCUT2D eigenvalue weighted by atomic mass is 9.92. The number of ether oxygens (including phenoxy) is 1. The van der Waals surface area contributed by atoms with Crippen LogP contribution in [-0.4, -0.2) is 25.2 Å². The van der Waals surface area contributed by atoms with E-state index in [0.717, 1.165) is 53.2 Å². The van der Waals surface area contributed by atoms with Gasteiger partial charge >= 0.3 is 0 Å². The van der Waals surface area contributed by atoms with Crippen molar-refractivity contribution in [2.24, 2.45) is 5.92 Å². The van der Waals surface area contributed by atoms with Gasteiger partial charge in [0.2, 0.25) is 0 Å². The largest absolute Gasteiger partial charge is 0.496 e. The van der Waals surface area contributed by atoms with Gasteiger partial charge in [-0.2, -0.15) is 5.26 Å². The normalized spacial score (nSPS) is 16.9. The summed E-state index contributed by atoms with van der Waals surface area (Å²) in [5.74, 6) is 1.72. The molecule has 4 heteroatoms. The smallest absolute Gasteiger partial charge is 0.133 e. The molecule has 1 fully saturated rings. The number of nitrogens with one attached hydrogen (secondary N) is 1. The lowest BCUT2D eigenvalue weighted by molar-refractivity contribution is 0.404. The van der Waals surface area contributed by atoms with E-state index in [0.29, 0.717) is 5.56 Å². The maximum atomic E-state index is 9.05. The van der Waals surface area contributed by atoms with Gasteiger partial charge in [-0.3, -0.25) is 4.98 Å². The molecule has 2 heterocycles. The molecule has 29 heavy (non-hydrogen) atoms. The van der Waals surface area contributed by atoms with E-state index in [-0.39, 0.29) is 0 Å². The first-order valence-corrected chi connectivity index (χ1v) is 10.5. The minimum Gasteiger partial charge on any atom is -0.496 e. The first kappa shape index (κ1) is 19.4. The molecular formula is C25H27N3O. The Kier molecular flexibility index (Phi) is 6.07. The average molecular weight is 386 g/mol. The number of aryl methyl sites for hydroxylation is 1. The standard InChI is InChI=1S/C25H27N3O/c1-29-25-21(12-7-18-4-3-14-27-15-13-18)17-28-24-22(5-2-6-23(24)25)20-10-8-19(16-26)9-11-20/h2,5-6,8-11,17-18,27H,3-4,7,12-15H2,1H3. The van der Waals surface area contributed by atoms with Crippen molar-refractivity contribution in [2.75, 3.05) is 20.2 Å². The van der Waals surface area contributed by atoms with Gasteiger partial charge in [-0.1, -0.05) is 24.3 Å². The molecule has 1 aliphatic rings. The van der Waals surface area contributed by atoms with Gasteiger partial charge in [0, 0.05) is 22.7 Å². The molecule has 1 aliphatic heterocycles. The summed E-state index contributed by atoms with van der Waals surface area (Å²) in [5, 5.41) is 13.6. The maximum Gasteiger partial charge on any atom is 0.133 e. The lowest BCUT2D eigenvalue weighted by Gasteiger charge is -2.16. The molecule has 1 unspecified atom stereocenters. The van der Waals surface area contributed by atoms with Crippen LogP contribution in [0.25, 0.3) is 22.0 Å². The number of hydrogen-bond donors (Lipinski definition) is 1. The van der Waals surface area contributed by atoms with E-state index in [1.165, 1.54) is 31.2 Å². The molecule has 0 aliphatic carbocycles. The van der Waals surface area contributed by atoms with E-state index in [1.807, 2.05) is 30.5 Å². The third-order valence-corrected chi connectivity index (χ3v) is 5.97. The molecule has 0 radical (unpaired) electrons. The number of nitriles is 1. The molecule has 1 saturated heterocycles. The highest BCUT2D eigenvalue weighted by molar-refractivity contribution is 5.97. The number of para-hydroxylation sites is 1. The summed E-state index contributed by atoms with van der Waals surface area (Å²) < 4.78 is 5.86. The zero-order valence-corrected chi connectivity index (χ0v) is 16.9. The predicted octanol–water partition coefficient (Wildman–Crippen LogP) is 5.10. The van der Waals surface area contributed by atoms with Gasteiger partial charge in [0.1, 0.15) is 5.75 Å². The quantitative estimate of drug-likeness (QED) is 0.663. The molecule has 0 amide bonds. The topological polar surface area (TPSA) is 57.9 Å². The van der Waals surface area contributed by atoms with Gasteiger partial charge in [0.05, 0.1) is 24.3 Å². The number of benzene rings is 2. The van der Waals surface area contributed by atoms with Crippen molar-refractivity contribution in [1.82, 2.24) is 10.3 Å². The first-order chi connectivity index (χ1) is 14.3. The molecule has 0 saturated carbocycles. The molecule has 4 nitrogen and oxygen atoms in total. The van der Waals surface area contributed by atoms with Crippen molar-refractivity contribution in [3.63, 3.8) is 0 Å². The molecule has 0 bridgehead atoms. The number of aromatic nitrogens is 1. The molecule has 1 N–H and O–H groups in total. The molecule has 148 valence electrons. The number of methoxy groups -OCH3 is 1. The zero-order chi connectivity index (χ0) is 20.1. The Hall–Kier alpha value is -2.90. The Morgan fingerprint density at radius 2 is 2.00 bits per heavy atom. The Balaban J connectivity index is 1.65. The van der Waals surface area contributed by atoms with Crippen LogP contribution in [0, 0.1) is 17.2 Å². The van der Waals surface area contributed by atoms with Crippen LogP contribution >= 0.6 is 0 Å². The van der Waals surface area contributed by atoms with Crippen molar-refractivity contribution in [2.45, 2.75) is 32.1 Å². The summed E-state index contributed by atoms with van der Waals surface area (Å²) in [4.78, 5) is 4.83. The fourth-order valence-corrected chi connectivity index (χ4v) is 4.36. The second kappa shape index (κ2) is 9.07. The van der Waals surface area contributed by atoms with E-state index in [1.54, 1.807) is 7.11 Å². The summed E-state index contributed by atoms with van der Waals surface area (Å²) in [6.07, 6.45) is 8.00. The first-order valence-electron chi connectivity index (χ1n) is 10.5. The number of rotatable bonds is 5. The minimum absolute atomic E-state index is 0.663. The molecule has 4 rings (SSSR count). The Morgan fingerprint density at radius 3 is 2.79 bits per heavy atom. The summed E-state index contributed by atoms with van der Waals surface area (Å²) in [6.45, 7) is 2.28. The van der Waals surface area contributed by atoms with Gasteiger partial charge in [-0.25, -0.2) is 0 Å². The molecule has 2 aromatic carbocycles. The van der Waals surface area contributed by atoms with Crippen molar-refractivity contribution in [3.05, 3.63) is 59.8 Å². The summed E-state index contributed by atoms with van der Waals surface area (Å²) in [6, 6.07) is 16.1. The Morgan fingerprint density at radius 1 is 1.14 bits per heavy atom. The van der Waals surface area contributed by atoms with Gasteiger partial charge in [-0.05, 0) is 74.9 Å². The third-order valence-electron chi connectivity index (χ3n) is 5.97. The summed E-state index contributed by atoms with van der Waals surface area (Å²) in [5.41, 5.74) is 4.91. The highest BCUT2D eigenvalue weighted by Crippen LogP contribution is 2.35. The van der Waals surface area contributed by atoms with Gasteiger partial charge in [-0.15, -0.1) is 0 Å². The van der Waals surface area contributed by atoms with Gasteiger partial charge < -0.3 is 10.1 Å². The minimum atomic E-state index is 0.663. The molecular weight excluding hydrogens is 358 g/mol. The fraction of sp³-hybridized carbons (Fsp3) is 0.360. The van der Waals surface area contributed by atoms with Crippen LogP contribution in [0.15, 0.2) is 48.7 Å². The SMILES string of the molecule is COc1c(CCC2CCCNCC2)cnc2c(-c3ccc(C#N)cc3)cccc12. The number of fused-ring (bicyclic) bond motifs is 1. The van der Waals surface area contributed by atoms with Crippen molar-refractivity contribution in [3.8, 4) is 22.9 Å².